The zero-order valence-electron chi connectivity index (χ0n) is 19.2. The second kappa shape index (κ2) is 9.02. The Morgan fingerprint density at radius 1 is 1.06 bits per heavy atom. The van der Waals surface area contributed by atoms with Gasteiger partial charge >= 0.3 is 0 Å². The van der Waals surface area contributed by atoms with Crippen LogP contribution in [0, 0.1) is 11.3 Å². The van der Waals surface area contributed by atoms with Crippen LogP contribution in [0.1, 0.15) is 11.1 Å². The summed E-state index contributed by atoms with van der Waals surface area (Å²) in [5, 5.41) is 23.7. The van der Waals surface area contributed by atoms with E-state index in [4.69, 9.17) is 0 Å². The molecule has 0 amide bonds. The molecule has 178 valence electrons. The quantitative estimate of drug-likeness (QED) is 0.456. The first-order valence-electron chi connectivity index (χ1n) is 11.1. The molecule has 4 heterocycles. The predicted octanol–water partition coefficient (Wildman–Crippen LogP) is 2.70. The topological polar surface area (TPSA) is 115 Å². The van der Waals surface area contributed by atoms with Crippen LogP contribution in [-0.4, -0.2) is 65.5 Å². The molecule has 1 aliphatic heterocycles. The third-order valence-electron chi connectivity index (χ3n) is 6.23. The number of piperazine rings is 1. The van der Waals surface area contributed by atoms with Crippen LogP contribution in [-0.2, 0) is 16.4 Å². The molecule has 3 aromatic heterocycles. The molecule has 0 spiro atoms. The van der Waals surface area contributed by atoms with Crippen molar-refractivity contribution in [2.75, 3.05) is 37.3 Å². The van der Waals surface area contributed by atoms with Crippen LogP contribution in [0.3, 0.4) is 0 Å². The summed E-state index contributed by atoms with van der Waals surface area (Å²) in [4.78, 5) is 9.56. The van der Waals surface area contributed by atoms with Crippen molar-refractivity contribution in [3.05, 3.63) is 72.2 Å². The Labute approximate surface area is 203 Å². The number of sulfone groups is 1. The molecule has 0 atom stereocenters. The molecular weight excluding hydrogens is 464 g/mol. The number of nitriles is 1. The summed E-state index contributed by atoms with van der Waals surface area (Å²) >= 11 is 0. The Morgan fingerprint density at radius 2 is 1.80 bits per heavy atom. The van der Waals surface area contributed by atoms with E-state index in [1.807, 2.05) is 24.3 Å². The van der Waals surface area contributed by atoms with Gasteiger partial charge in [-0.3, -0.25) is 4.90 Å². The van der Waals surface area contributed by atoms with Crippen LogP contribution < -0.4 is 4.90 Å². The molecule has 9 nitrogen and oxygen atoms in total. The van der Waals surface area contributed by atoms with E-state index in [1.54, 1.807) is 24.4 Å². The van der Waals surface area contributed by atoms with Gasteiger partial charge in [0.05, 0.1) is 28.4 Å². The summed E-state index contributed by atoms with van der Waals surface area (Å²) in [7, 11) is -3.18. The molecule has 0 radical (unpaired) electrons. The Balaban J connectivity index is 1.26. The van der Waals surface area contributed by atoms with Gasteiger partial charge in [0.25, 0.3) is 0 Å². The van der Waals surface area contributed by atoms with Crippen LogP contribution in [0.2, 0.25) is 0 Å². The van der Waals surface area contributed by atoms with Gasteiger partial charge in [0, 0.05) is 56.3 Å². The lowest BCUT2D eigenvalue weighted by molar-refractivity contribution is 0.249. The van der Waals surface area contributed by atoms with E-state index in [1.165, 1.54) is 23.2 Å². The van der Waals surface area contributed by atoms with Crippen molar-refractivity contribution in [3.8, 4) is 22.9 Å². The minimum Gasteiger partial charge on any atom is -0.506 e. The van der Waals surface area contributed by atoms with E-state index < -0.39 is 9.84 Å². The second-order valence-corrected chi connectivity index (χ2v) is 10.7. The highest BCUT2D eigenvalue weighted by atomic mass is 32.2. The molecule has 0 saturated carbocycles. The second-order valence-electron chi connectivity index (χ2n) is 8.66. The van der Waals surface area contributed by atoms with Crippen LogP contribution >= 0.6 is 0 Å². The van der Waals surface area contributed by atoms with Gasteiger partial charge in [0.1, 0.15) is 17.6 Å². The molecule has 1 N–H and O–H groups in total. The maximum Gasteiger partial charge on any atom is 0.175 e. The maximum absolute atomic E-state index is 11.6. The summed E-state index contributed by atoms with van der Waals surface area (Å²) in [5.74, 6) is 0.933. The van der Waals surface area contributed by atoms with Crippen LogP contribution in [0.15, 0.2) is 66.0 Å². The Bertz CT molecular complexity index is 1510. The van der Waals surface area contributed by atoms with Crippen LogP contribution in [0.5, 0.6) is 5.75 Å². The highest BCUT2D eigenvalue weighted by molar-refractivity contribution is 7.90. The monoisotopic (exact) mass is 488 g/mol. The molecule has 0 unspecified atom stereocenters. The normalized spacial score (nSPS) is 14.8. The smallest absolute Gasteiger partial charge is 0.175 e. The number of aromatic hydroxyl groups is 1. The molecule has 0 bridgehead atoms. The van der Waals surface area contributed by atoms with Crippen LogP contribution in [0.4, 0.5) is 5.82 Å². The number of hydrogen-bond donors (Lipinski definition) is 1. The predicted molar refractivity (Wildman–Crippen MR) is 132 cm³/mol. The van der Waals surface area contributed by atoms with Gasteiger partial charge in [0.2, 0.25) is 0 Å². The van der Waals surface area contributed by atoms with Gasteiger partial charge in [-0.1, -0.05) is 12.1 Å². The van der Waals surface area contributed by atoms with Crippen molar-refractivity contribution in [2.45, 2.75) is 11.4 Å². The fourth-order valence-electron chi connectivity index (χ4n) is 4.38. The number of hydrogen-bond acceptors (Lipinski definition) is 8. The SMILES string of the molecule is CS(=O)(=O)c1ccc(CN2CCN(c3ccc(-c4cc(O)cn5ncc(C#N)c45)cn3)CC2)cc1. The average molecular weight is 489 g/mol. The van der Waals surface area contributed by atoms with Gasteiger partial charge in [-0.25, -0.2) is 17.9 Å². The zero-order chi connectivity index (χ0) is 24.6. The summed E-state index contributed by atoms with van der Waals surface area (Å²) in [6.07, 6.45) is 5.93. The van der Waals surface area contributed by atoms with Crippen molar-refractivity contribution in [1.29, 1.82) is 5.26 Å². The number of pyridine rings is 2. The van der Waals surface area contributed by atoms with E-state index in [2.05, 4.69) is 26.0 Å². The molecule has 1 fully saturated rings. The summed E-state index contributed by atoms with van der Waals surface area (Å²) in [5.41, 5.74) is 3.65. The van der Waals surface area contributed by atoms with E-state index in [0.29, 0.717) is 21.5 Å². The Kier molecular flexibility index (Phi) is 5.88. The maximum atomic E-state index is 11.6. The lowest BCUT2D eigenvalue weighted by atomic mass is 10.1. The van der Waals surface area contributed by atoms with Crippen molar-refractivity contribution < 1.29 is 13.5 Å². The molecular formula is C25H24N6O3S. The number of nitrogens with zero attached hydrogens (tertiary/aromatic N) is 6. The Hall–Kier alpha value is -3.94. The van der Waals surface area contributed by atoms with Crippen molar-refractivity contribution in [1.82, 2.24) is 19.5 Å². The lowest BCUT2D eigenvalue weighted by Gasteiger charge is -2.35. The van der Waals surface area contributed by atoms with E-state index in [9.17, 15) is 18.8 Å². The minimum absolute atomic E-state index is 0.0613. The van der Waals surface area contributed by atoms with Gasteiger partial charge in [-0.15, -0.1) is 0 Å². The van der Waals surface area contributed by atoms with Crippen LogP contribution in [0.25, 0.3) is 16.6 Å². The fourth-order valence-corrected chi connectivity index (χ4v) is 5.01. The molecule has 35 heavy (non-hydrogen) atoms. The molecule has 0 aliphatic carbocycles. The first kappa shape index (κ1) is 22.8. The van der Waals surface area contributed by atoms with Crippen molar-refractivity contribution in [3.63, 3.8) is 0 Å². The molecule has 1 aromatic carbocycles. The number of anilines is 1. The zero-order valence-corrected chi connectivity index (χ0v) is 20.0. The highest BCUT2D eigenvalue weighted by Crippen LogP contribution is 2.31. The summed E-state index contributed by atoms with van der Waals surface area (Å²) < 4.78 is 24.8. The van der Waals surface area contributed by atoms with Crippen molar-refractivity contribution >= 4 is 21.2 Å². The number of rotatable bonds is 5. The average Bonchev–Trinajstić information content (AvgIpc) is 3.27. The van der Waals surface area contributed by atoms with E-state index in [-0.39, 0.29) is 5.75 Å². The first-order valence-corrected chi connectivity index (χ1v) is 13.0. The van der Waals surface area contributed by atoms with Gasteiger partial charge in [-0.2, -0.15) is 10.4 Å². The number of fused-ring (bicyclic) bond motifs is 1. The van der Waals surface area contributed by atoms with Gasteiger partial charge in [0.15, 0.2) is 9.84 Å². The number of aromatic nitrogens is 3. The van der Waals surface area contributed by atoms with E-state index in [0.717, 1.165) is 49.7 Å². The Morgan fingerprint density at radius 3 is 2.43 bits per heavy atom. The van der Waals surface area contributed by atoms with Gasteiger partial charge in [-0.05, 0) is 35.9 Å². The first-order chi connectivity index (χ1) is 16.8. The lowest BCUT2D eigenvalue weighted by Crippen LogP contribution is -2.46. The largest absolute Gasteiger partial charge is 0.506 e. The van der Waals surface area contributed by atoms with Crippen molar-refractivity contribution in [2.24, 2.45) is 0 Å². The van der Waals surface area contributed by atoms with Gasteiger partial charge < -0.3 is 10.0 Å². The molecule has 1 aliphatic rings. The third kappa shape index (κ3) is 4.69. The third-order valence-corrected chi connectivity index (χ3v) is 7.36. The molecule has 4 aromatic rings. The standard InChI is InChI=1S/C25H24N6O3S/c1-35(33,34)22-5-2-18(3-6-22)16-29-8-10-30(11-9-29)24-7-4-19(14-27-24)23-12-21(32)17-31-25(23)20(13-26)15-28-31/h2-7,12,14-15,17,32H,8-11,16H2,1H3. The van der Waals surface area contributed by atoms with E-state index >= 15 is 0 Å². The fraction of sp³-hybridized carbons (Fsp3) is 0.240. The molecule has 5 rings (SSSR count). The summed E-state index contributed by atoms with van der Waals surface area (Å²) in [6.45, 7) is 4.15. The highest BCUT2D eigenvalue weighted by Gasteiger charge is 2.19. The molecule has 1 saturated heterocycles. The summed E-state index contributed by atoms with van der Waals surface area (Å²) in [6, 6.07) is 14.7. The number of benzene rings is 1. The minimum atomic E-state index is -3.18. The molecule has 10 heteroatoms.